The number of carbonyl (C=O) groups excluding carboxylic acids is 2. The lowest BCUT2D eigenvalue weighted by Crippen LogP contribution is -2.57. The number of urea groups is 1. The fourth-order valence-electron chi connectivity index (χ4n) is 4.80. The molecule has 3 amide bonds. The van der Waals surface area contributed by atoms with E-state index in [-0.39, 0.29) is 24.1 Å². The number of carbonyl (C=O) groups is 2. The van der Waals surface area contributed by atoms with Crippen molar-refractivity contribution in [3.8, 4) is 0 Å². The molecule has 0 radical (unpaired) electrons. The molecule has 0 saturated carbocycles. The molecule has 0 spiro atoms. The van der Waals surface area contributed by atoms with Crippen molar-refractivity contribution in [1.82, 2.24) is 15.5 Å². The van der Waals surface area contributed by atoms with E-state index in [4.69, 9.17) is 0 Å². The first kappa shape index (κ1) is 20.5. The van der Waals surface area contributed by atoms with Crippen molar-refractivity contribution in [3.05, 3.63) is 71.5 Å². The van der Waals surface area contributed by atoms with Gasteiger partial charge in [-0.2, -0.15) is 0 Å². The lowest BCUT2D eigenvalue weighted by Gasteiger charge is -2.40. The Kier molecular flexibility index (Phi) is 6.13. The number of benzene rings is 2. The van der Waals surface area contributed by atoms with E-state index < -0.39 is 11.6 Å². The van der Waals surface area contributed by atoms with Gasteiger partial charge in [0.05, 0.1) is 0 Å². The van der Waals surface area contributed by atoms with E-state index >= 15 is 0 Å². The van der Waals surface area contributed by atoms with Crippen molar-refractivity contribution in [2.24, 2.45) is 5.92 Å². The molecule has 0 aromatic heterocycles. The average molecular weight is 410 g/mol. The molecule has 2 aromatic rings. The van der Waals surface area contributed by atoms with Crippen molar-refractivity contribution in [3.63, 3.8) is 0 Å². The molecule has 1 atom stereocenters. The van der Waals surface area contributed by atoms with Crippen LogP contribution in [0.5, 0.6) is 0 Å². The molecule has 4 rings (SSSR count). The molecule has 30 heavy (non-hydrogen) atoms. The van der Waals surface area contributed by atoms with E-state index in [2.05, 4.69) is 39.8 Å². The number of likely N-dealkylation sites (tertiary alicyclic amines) is 1. The van der Waals surface area contributed by atoms with Crippen molar-refractivity contribution in [2.45, 2.75) is 37.6 Å². The second-order valence-electron chi connectivity index (χ2n) is 8.35. The predicted octanol–water partition coefficient (Wildman–Crippen LogP) is 3.29. The molecule has 2 aliphatic rings. The van der Waals surface area contributed by atoms with Crippen LogP contribution in [0.2, 0.25) is 0 Å². The van der Waals surface area contributed by atoms with E-state index in [1.54, 1.807) is 18.2 Å². The van der Waals surface area contributed by atoms with Gasteiger partial charge >= 0.3 is 6.03 Å². The first-order chi connectivity index (χ1) is 14.6. The van der Waals surface area contributed by atoms with Crippen LogP contribution < -0.4 is 10.6 Å². The van der Waals surface area contributed by atoms with Gasteiger partial charge in [-0.15, -0.1) is 0 Å². The maximum absolute atomic E-state index is 14.3. The maximum atomic E-state index is 14.3. The summed E-state index contributed by atoms with van der Waals surface area (Å²) < 4.78 is 14.3. The standard InChI is InChI=1S/C24H28FN3O2/c25-21-11-5-4-10-19(21)17-24(22(29)26-23(30)27-24)20-12-15-28(16-13-20)14-6-9-18-7-2-1-3-8-18/h1-5,7-8,10-11,20H,6,9,12-17H2,(H2,26,27,29,30)/t24-/m1/s1. The average Bonchev–Trinajstić information content (AvgIpc) is 3.05. The molecule has 0 unspecified atom stereocenters. The molecular weight excluding hydrogens is 381 g/mol. The van der Waals surface area contributed by atoms with Crippen LogP contribution in [0, 0.1) is 11.7 Å². The Balaban J connectivity index is 1.38. The number of amides is 3. The van der Waals surface area contributed by atoms with Crippen molar-refractivity contribution < 1.29 is 14.0 Å². The molecule has 2 aromatic carbocycles. The molecule has 0 aliphatic carbocycles. The fourth-order valence-corrected chi connectivity index (χ4v) is 4.80. The quantitative estimate of drug-likeness (QED) is 0.690. The highest BCUT2D eigenvalue weighted by molar-refractivity contribution is 6.07. The van der Waals surface area contributed by atoms with Crippen molar-refractivity contribution in [1.29, 1.82) is 0 Å². The van der Waals surface area contributed by atoms with E-state index in [1.165, 1.54) is 11.6 Å². The van der Waals surface area contributed by atoms with Gasteiger partial charge in [-0.25, -0.2) is 9.18 Å². The summed E-state index contributed by atoms with van der Waals surface area (Å²) in [4.78, 5) is 27.2. The highest BCUT2D eigenvalue weighted by atomic mass is 19.1. The fraction of sp³-hybridized carbons (Fsp3) is 0.417. The van der Waals surface area contributed by atoms with Crippen LogP contribution in [0.25, 0.3) is 0 Å². The maximum Gasteiger partial charge on any atom is 0.322 e. The van der Waals surface area contributed by atoms with Crippen molar-refractivity contribution in [2.75, 3.05) is 19.6 Å². The third-order valence-corrected chi connectivity index (χ3v) is 6.46. The van der Waals surface area contributed by atoms with E-state index in [0.29, 0.717) is 5.56 Å². The number of piperidine rings is 1. The Morgan fingerprint density at radius 2 is 1.70 bits per heavy atom. The summed E-state index contributed by atoms with van der Waals surface area (Å²) in [6, 6.07) is 16.5. The van der Waals surface area contributed by atoms with Gasteiger partial charge in [0.2, 0.25) is 0 Å². The summed E-state index contributed by atoms with van der Waals surface area (Å²) in [5, 5.41) is 5.24. The van der Waals surface area contributed by atoms with Gasteiger partial charge in [0.1, 0.15) is 11.4 Å². The first-order valence-electron chi connectivity index (χ1n) is 10.7. The molecule has 158 valence electrons. The third-order valence-electron chi connectivity index (χ3n) is 6.46. The summed E-state index contributed by atoms with van der Waals surface area (Å²) >= 11 is 0. The van der Waals surface area contributed by atoms with Crippen LogP contribution in [-0.2, 0) is 17.6 Å². The Morgan fingerprint density at radius 3 is 2.37 bits per heavy atom. The normalized spacial score (nSPS) is 22.7. The molecule has 2 heterocycles. The number of imide groups is 1. The first-order valence-corrected chi connectivity index (χ1v) is 10.7. The number of halogens is 1. The second kappa shape index (κ2) is 8.96. The van der Waals surface area contributed by atoms with Gasteiger partial charge in [-0.3, -0.25) is 10.1 Å². The molecule has 5 nitrogen and oxygen atoms in total. The molecular formula is C24H28FN3O2. The molecule has 2 N–H and O–H groups in total. The minimum atomic E-state index is -1.07. The van der Waals surface area contributed by atoms with Crippen LogP contribution in [-0.4, -0.2) is 42.0 Å². The molecule has 2 aliphatic heterocycles. The molecule has 0 bridgehead atoms. The number of nitrogens with one attached hydrogen (secondary N) is 2. The Hall–Kier alpha value is -2.73. The summed E-state index contributed by atoms with van der Waals surface area (Å²) in [5.41, 5.74) is 0.733. The molecule has 6 heteroatoms. The van der Waals surface area contributed by atoms with Gasteiger partial charge in [0.15, 0.2) is 0 Å². The summed E-state index contributed by atoms with van der Waals surface area (Å²) in [5.74, 6) is -0.698. The number of rotatable bonds is 7. The summed E-state index contributed by atoms with van der Waals surface area (Å²) in [7, 11) is 0. The summed E-state index contributed by atoms with van der Waals surface area (Å²) in [6.45, 7) is 2.77. The van der Waals surface area contributed by atoms with Crippen LogP contribution in [0.1, 0.15) is 30.4 Å². The lowest BCUT2D eigenvalue weighted by atomic mass is 9.74. The van der Waals surface area contributed by atoms with Crippen LogP contribution in [0.3, 0.4) is 0 Å². The number of aryl methyl sites for hydroxylation is 1. The Morgan fingerprint density at radius 1 is 1.00 bits per heavy atom. The van der Waals surface area contributed by atoms with Crippen molar-refractivity contribution >= 4 is 11.9 Å². The van der Waals surface area contributed by atoms with Crippen LogP contribution >= 0.6 is 0 Å². The minimum Gasteiger partial charge on any atom is -0.323 e. The minimum absolute atomic E-state index is 0.0195. The Labute approximate surface area is 176 Å². The predicted molar refractivity (Wildman–Crippen MR) is 113 cm³/mol. The second-order valence-corrected chi connectivity index (χ2v) is 8.35. The van der Waals surface area contributed by atoms with Crippen LogP contribution in [0.4, 0.5) is 9.18 Å². The van der Waals surface area contributed by atoms with E-state index in [9.17, 15) is 14.0 Å². The smallest absolute Gasteiger partial charge is 0.322 e. The number of hydrogen-bond acceptors (Lipinski definition) is 3. The number of hydrogen-bond donors (Lipinski definition) is 2. The SMILES string of the molecule is O=C1NC(=O)[C@@](Cc2ccccc2F)(C2CCN(CCCc3ccccc3)CC2)N1. The largest absolute Gasteiger partial charge is 0.323 e. The summed E-state index contributed by atoms with van der Waals surface area (Å²) in [6.07, 6.45) is 3.92. The van der Waals surface area contributed by atoms with Gasteiger partial charge in [-0.1, -0.05) is 48.5 Å². The van der Waals surface area contributed by atoms with Crippen LogP contribution in [0.15, 0.2) is 54.6 Å². The van der Waals surface area contributed by atoms with Gasteiger partial charge in [0.25, 0.3) is 5.91 Å². The van der Waals surface area contributed by atoms with E-state index in [0.717, 1.165) is 45.3 Å². The third kappa shape index (κ3) is 4.38. The number of nitrogens with zero attached hydrogens (tertiary/aromatic N) is 1. The monoisotopic (exact) mass is 409 g/mol. The van der Waals surface area contributed by atoms with E-state index in [1.807, 2.05) is 6.07 Å². The zero-order chi connectivity index (χ0) is 21.0. The molecule has 2 fully saturated rings. The zero-order valence-electron chi connectivity index (χ0n) is 17.1. The Bertz CT molecular complexity index is 896. The lowest BCUT2D eigenvalue weighted by molar-refractivity contribution is -0.126. The van der Waals surface area contributed by atoms with Gasteiger partial charge in [-0.05, 0) is 68.4 Å². The van der Waals surface area contributed by atoms with Gasteiger partial charge in [0, 0.05) is 6.42 Å². The highest BCUT2D eigenvalue weighted by Crippen LogP contribution is 2.34. The van der Waals surface area contributed by atoms with Gasteiger partial charge < -0.3 is 10.2 Å². The highest BCUT2D eigenvalue weighted by Gasteiger charge is 2.52. The molecule has 2 saturated heterocycles. The zero-order valence-corrected chi connectivity index (χ0v) is 17.1. The topological polar surface area (TPSA) is 61.4 Å².